The molecule has 3 unspecified atom stereocenters. The molecule has 0 spiro atoms. The van der Waals surface area contributed by atoms with Crippen LogP contribution in [0.15, 0.2) is 73.2 Å². The van der Waals surface area contributed by atoms with Crippen LogP contribution in [-0.4, -0.2) is 21.9 Å². The van der Waals surface area contributed by atoms with Crippen molar-refractivity contribution in [2.24, 2.45) is 0 Å². The summed E-state index contributed by atoms with van der Waals surface area (Å²) in [5, 5.41) is 3.21. The molecule has 1 saturated heterocycles. The Bertz CT molecular complexity index is 932. The Hall–Kier alpha value is -3.09. The lowest BCUT2D eigenvalue weighted by Gasteiger charge is -2.23. The van der Waals surface area contributed by atoms with Gasteiger partial charge in [0.1, 0.15) is 6.04 Å². The molecule has 0 bridgehead atoms. The van der Waals surface area contributed by atoms with Crippen LogP contribution in [0, 0.1) is 6.92 Å². The summed E-state index contributed by atoms with van der Waals surface area (Å²) in [6.45, 7) is 2.06. The molecule has 3 atom stereocenters. The maximum Gasteiger partial charge on any atom is 0.239 e. The molecule has 2 aromatic heterocycles. The zero-order valence-corrected chi connectivity index (χ0v) is 15.7. The van der Waals surface area contributed by atoms with Crippen molar-refractivity contribution in [3.8, 4) is 0 Å². The minimum absolute atomic E-state index is 0.00906. The van der Waals surface area contributed by atoms with Crippen molar-refractivity contribution < 1.29 is 4.79 Å². The normalized spacial score (nSPS) is 19.9. The Balaban J connectivity index is 1.53. The average molecular weight is 373 g/mol. The van der Waals surface area contributed by atoms with Gasteiger partial charge in [-0.05, 0) is 54.3 Å². The van der Waals surface area contributed by atoms with Crippen LogP contribution in [0.3, 0.4) is 0 Å². The SMILES string of the molecule is Cc1ccccc1C(NC(=O)C1CC(c2ccccn2)NN1)c1ccncc1. The summed E-state index contributed by atoms with van der Waals surface area (Å²) in [5.41, 5.74) is 10.4. The van der Waals surface area contributed by atoms with Crippen LogP contribution in [-0.2, 0) is 4.79 Å². The molecule has 1 fully saturated rings. The number of carbonyl (C=O) groups is 1. The van der Waals surface area contributed by atoms with Crippen molar-refractivity contribution in [3.63, 3.8) is 0 Å². The number of pyridine rings is 2. The molecule has 142 valence electrons. The molecule has 28 heavy (non-hydrogen) atoms. The average Bonchev–Trinajstić information content (AvgIpc) is 3.24. The van der Waals surface area contributed by atoms with E-state index in [2.05, 4.69) is 45.2 Å². The molecular weight excluding hydrogens is 350 g/mol. The zero-order valence-electron chi connectivity index (χ0n) is 15.7. The van der Waals surface area contributed by atoms with Crippen LogP contribution in [0.1, 0.15) is 40.9 Å². The highest BCUT2D eigenvalue weighted by atomic mass is 16.2. The number of hydrogen-bond donors (Lipinski definition) is 3. The number of rotatable bonds is 5. The first kappa shape index (κ1) is 18.3. The van der Waals surface area contributed by atoms with Gasteiger partial charge in [0.2, 0.25) is 5.91 Å². The van der Waals surface area contributed by atoms with Crippen molar-refractivity contribution in [2.45, 2.75) is 31.5 Å². The third-order valence-corrected chi connectivity index (χ3v) is 5.09. The first-order valence-corrected chi connectivity index (χ1v) is 9.40. The summed E-state index contributed by atoms with van der Waals surface area (Å²) in [4.78, 5) is 21.5. The van der Waals surface area contributed by atoms with E-state index in [4.69, 9.17) is 0 Å². The second-order valence-corrected chi connectivity index (χ2v) is 6.96. The third kappa shape index (κ3) is 3.93. The third-order valence-electron chi connectivity index (χ3n) is 5.09. The molecule has 0 aliphatic carbocycles. The summed E-state index contributed by atoms with van der Waals surface area (Å²) < 4.78 is 0. The van der Waals surface area contributed by atoms with Gasteiger partial charge >= 0.3 is 0 Å². The fourth-order valence-corrected chi connectivity index (χ4v) is 3.55. The lowest BCUT2D eigenvalue weighted by molar-refractivity contribution is -0.123. The summed E-state index contributed by atoms with van der Waals surface area (Å²) in [6.07, 6.45) is 5.90. The molecule has 1 aliphatic heterocycles. The topological polar surface area (TPSA) is 78.9 Å². The van der Waals surface area contributed by atoms with Crippen molar-refractivity contribution in [1.29, 1.82) is 0 Å². The van der Waals surface area contributed by atoms with Gasteiger partial charge in [-0.15, -0.1) is 0 Å². The molecule has 4 rings (SSSR count). The number of nitrogens with one attached hydrogen (secondary N) is 3. The highest BCUT2D eigenvalue weighted by Crippen LogP contribution is 2.26. The van der Waals surface area contributed by atoms with Crippen LogP contribution < -0.4 is 16.2 Å². The summed E-state index contributed by atoms with van der Waals surface area (Å²) >= 11 is 0. The standard InChI is InChI=1S/C22H23N5O/c1-15-6-2-3-7-17(15)21(16-9-12-23-13-10-16)25-22(28)20-14-19(26-27-20)18-8-4-5-11-24-18/h2-13,19-21,26-27H,14H2,1H3,(H,25,28). The Labute approximate surface area is 164 Å². The number of benzene rings is 1. The van der Waals surface area contributed by atoms with E-state index in [1.54, 1.807) is 18.6 Å². The second-order valence-electron chi connectivity index (χ2n) is 6.96. The largest absolute Gasteiger partial charge is 0.344 e. The van der Waals surface area contributed by atoms with E-state index in [0.29, 0.717) is 6.42 Å². The molecule has 3 aromatic rings. The van der Waals surface area contributed by atoms with Gasteiger partial charge in [-0.1, -0.05) is 30.3 Å². The molecule has 6 heteroatoms. The van der Waals surface area contributed by atoms with Crippen LogP contribution in [0.25, 0.3) is 0 Å². The molecule has 0 saturated carbocycles. The van der Waals surface area contributed by atoms with Crippen LogP contribution in [0.4, 0.5) is 0 Å². The van der Waals surface area contributed by atoms with Crippen molar-refractivity contribution in [3.05, 3.63) is 95.6 Å². The number of nitrogens with zero attached hydrogens (tertiary/aromatic N) is 2. The Morgan fingerprint density at radius 1 is 1.04 bits per heavy atom. The van der Waals surface area contributed by atoms with Crippen molar-refractivity contribution in [2.75, 3.05) is 0 Å². The van der Waals surface area contributed by atoms with Gasteiger partial charge in [0.25, 0.3) is 0 Å². The second kappa shape index (κ2) is 8.29. The quantitative estimate of drug-likeness (QED) is 0.641. The maximum absolute atomic E-state index is 13.0. The van der Waals surface area contributed by atoms with Crippen LogP contribution >= 0.6 is 0 Å². The smallest absolute Gasteiger partial charge is 0.239 e. The van der Waals surface area contributed by atoms with E-state index in [0.717, 1.165) is 22.4 Å². The van der Waals surface area contributed by atoms with Gasteiger partial charge in [-0.2, -0.15) is 0 Å². The van der Waals surface area contributed by atoms with E-state index in [1.165, 1.54) is 0 Å². The predicted molar refractivity (Wildman–Crippen MR) is 107 cm³/mol. The molecule has 3 N–H and O–H groups in total. The van der Waals surface area contributed by atoms with Gasteiger partial charge in [-0.3, -0.25) is 14.8 Å². The molecule has 1 amide bonds. The Morgan fingerprint density at radius 2 is 1.82 bits per heavy atom. The number of aryl methyl sites for hydroxylation is 1. The number of aromatic nitrogens is 2. The molecular formula is C22H23N5O. The number of carbonyl (C=O) groups excluding carboxylic acids is 1. The lowest BCUT2D eigenvalue weighted by Crippen LogP contribution is -2.44. The van der Waals surface area contributed by atoms with E-state index < -0.39 is 0 Å². The first-order valence-electron chi connectivity index (χ1n) is 9.40. The number of hydrazine groups is 1. The van der Waals surface area contributed by atoms with Crippen LogP contribution in [0.2, 0.25) is 0 Å². The van der Waals surface area contributed by atoms with E-state index >= 15 is 0 Å². The lowest BCUT2D eigenvalue weighted by atomic mass is 9.95. The molecule has 3 heterocycles. The number of amides is 1. The molecule has 1 aliphatic rings. The fraction of sp³-hybridized carbons (Fsp3) is 0.227. The Kier molecular flexibility index (Phi) is 5.41. The summed E-state index contributed by atoms with van der Waals surface area (Å²) in [5.74, 6) is -0.0454. The zero-order chi connectivity index (χ0) is 19.3. The van der Waals surface area contributed by atoms with Gasteiger partial charge in [-0.25, -0.2) is 10.9 Å². The van der Waals surface area contributed by atoms with E-state index in [9.17, 15) is 4.79 Å². The van der Waals surface area contributed by atoms with Gasteiger partial charge in [0.15, 0.2) is 0 Å². The van der Waals surface area contributed by atoms with Gasteiger partial charge in [0.05, 0.1) is 17.8 Å². The van der Waals surface area contributed by atoms with Crippen molar-refractivity contribution >= 4 is 5.91 Å². The molecule has 1 aromatic carbocycles. The highest BCUT2D eigenvalue weighted by molar-refractivity contribution is 5.83. The Morgan fingerprint density at radius 3 is 2.57 bits per heavy atom. The van der Waals surface area contributed by atoms with Gasteiger partial charge < -0.3 is 5.32 Å². The minimum Gasteiger partial charge on any atom is -0.344 e. The van der Waals surface area contributed by atoms with E-state index in [1.807, 2.05) is 42.5 Å². The highest BCUT2D eigenvalue weighted by Gasteiger charge is 2.32. The van der Waals surface area contributed by atoms with Gasteiger partial charge in [0, 0.05) is 18.6 Å². The number of hydrogen-bond acceptors (Lipinski definition) is 5. The summed E-state index contributed by atoms with van der Waals surface area (Å²) in [6, 6.07) is 17.2. The van der Waals surface area contributed by atoms with E-state index in [-0.39, 0.29) is 24.0 Å². The van der Waals surface area contributed by atoms with Crippen molar-refractivity contribution in [1.82, 2.24) is 26.1 Å². The fourth-order valence-electron chi connectivity index (χ4n) is 3.55. The monoisotopic (exact) mass is 373 g/mol. The summed E-state index contributed by atoms with van der Waals surface area (Å²) in [7, 11) is 0. The minimum atomic E-state index is -0.333. The molecule has 6 nitrogen and oxygen atoms in total. The predicted octanol–water partition coefficient (Wildman–Crippen LogP) is 2.60. The van der Waals surface area contributed by atoms with Crippen LogP contribution in [0.5, 0.6) is 0 Å². The first-order chi connectivity index (χ1) is 13.7. The molecule has 0 radical (unpaired) electrons. The maximum atomic E-state index is 13.0.